The smallest absolute Gasteiger partial charge is 0.341 e. The first-order chi connectivity index (χ1) is 12.5. The molecule has 0 unspecified atom stereocenters. The molecule has 6 heteroatoms. The molecule has 0 bridgehead atoms. The van der Waals surface area contributed by atoms with E-state index in [1.165, 1.54) is 24.3 Å². The molecule has 1 aliphatic rings. The summed E-state index contributed by atoms with van der Waals surface area (Å²) in [7, 11) is 0. The van der Waals surface area contributed by atoms with E-state index in [9.17, 15) is 13.6 Å². The van der Waals surface area contributed by atoms with Gasteiger partial charge in [0.05, 0.1) is 6.61 Å². The number of carbonyl (C=O) groups excluding carboxylic acids is 1. The lowest BCUT2D eigenvalue weighted by Crippen LogP contribution is -2.44. The zero-order chi connectivity index (χ0) is 18.7. The monoisotopic (exact) mass is 362 g/mol. The standard InChI is InChI=1S/C20H20F2O4/c1-3-20(19(23)24-4-2)17(13-5-9-15(21)10-6-13)25-18(26-20)14-7-11-16(22)12-8-14/h5-12,17-18H,3-4H2,1-2H3/t17-,18-,20+/m1/s1. The molecule has 0 amide bonds. The van der Waals surface area contributed by atoms with Gasteiger partial charge in [0.2, 0.25) is 0 Å². The summed E-state index contributed by atoms with van der Waals surface area (Å²) in [5.74, 6) is -1.31. The highest BCUT2D eigenvalue weighted by atomic mass is 19.1. The Balaban J connectivity index is 2.00. The number of halogens is 2. The SMILES string of the molecule is CCOC(=O)[C@@]1(CC)O[C@H](c2ccc(F)cc2)O[C@@H]1c1ccc(F)cc1. The molecule has 0 saturated carbocycles. The molecule has 0 aromatic heterocycles. The van der Waals surface area contributed by atoms with Crippen LogP contribution in [0.4, 0.5) is 8.78 Å². The summed E-state index contributed by atoms with van der Waals surface area (Å²) in [6.07, 6.45) is -1.34. The molecule has 138 valence electrons. The molecule has 3 atom stereocenters. The second-order valence-electron chi connectivity index (χ2n) is 6.03. The van der Waals surface area contributed by atoms with Gasteiger partial charge >= 0.3 is 5.97 Å². The summed E-state index contributed by atoms with van der Waals surface area (Å²) in [5.41, 5.74) is -0.184. The maximum Gasteiger partial charge on any atom is 0.341 e. The first-order valence-electron chi connectivity index (χ1n) is 8.51. The number of hydrogen-bond donors (Lipinski definition) is 0. The van der Waals surface area contributed by atoms with Crippen LogP contribution >= 0.6 is 0 Å². The highest BCUT2D eigenvalue weighted by molar-refractivity contribution is 5.81. The molecule has 3 rings (SSSR count). The van der Waals surface area contributed by atoms with Crippen LogP contribution in [0.5, 0.6) is 0 Å². The van der Waals surface area contributed by atoms with Crippen molar-refractivity contribution in [3.8, 4) is 0 Å². The van der Waals surface area contributed by atoms with Crippen LogP contribution in [0.25, 0.3) is 0 Å². The van der Waals surface area contributed by atoms with Crippen molar-refractivity contribution in [2.75, 3.05) is 6.61 Å². The fourth-order valence-electron chi connectivity index (χ4n) is 3.09. The first kappa shape index (κ1) is 18.5. The fraction of sp³-hybridized carbons (Fsp3) is 0.350. The number of hydrogen-bond acceptors (Lipinski definition) is 4. The molecule has 0 spiro atoms. The Morgan fingerprint density at radius 3 is 2.04 bits per heavy atom. The Bertz CT molecular complexity index is 760. The number of carbonyl (C=O) groups is 1. The highest BCUT2D eigenvalue weighted by Crippen LogP contribution is 2.49. The Labute approximate surface area is 150 Å². The van der Waals surface area contributed by atoms with Gasteiger partial charge < -0.3 is 14.2 Å². The highest BCUT2D eigenvalue weighted by Gasteiger charge is 2.56. The van der Waals surface area contributed by atoms with Crippen LogP contribution in [0.15, 0.2) is 48.5 Å². The number of esters is 1. The third-order valence-corrected chi connectivity index (χ3v) is 4.46. The van der Waals surface area contributed by atoms with Gasteiger partial charge in [-0.25, -0.2) is 13.6 Å². The van der Waals surface area contributed by atoms with Crippen molar-refractivity contribution in [1.29, 1.82) is 0 Å². The minimum absolute atomic E-state index is 0.196. The first-order valence-corrected chi connectivity index (χ1v) is 8.51. The Kier molecular flexibility index (Phi) is 5.34. The third-order valence-electron chi connectivity index (χ3n) is 4.46. The van der Waals surface area contributed by atoms with Crippen LogP contribution in [-0.4, -0.2) is 18.2 Å². The molecular weight excluding hydrogens is 342 g/mol. The largest absolute Gasteiger partial charge is 0.464 e. The molecular formula is C20H20F2O4. The van der Waals surface area contributed by atoms with E-state index < -0.39 is 24.0 Å². The van der Waals surface area contributed by atoms with Gasteiger partial charge in [0.25, 0.3) is 0 Å². The van der Waals surface area contributed by atoms with Crippen molar-refractivity contribution in [3.63, 3.8) is 0 Å². The van der Waals surface area contributed by atoms with Crippen molar-refractivity contribution in [2.45, 2.75) is 38.3 Å². The van der Waals surface area contributed by atoms with Crippen molar-refractivity contribution < 1.29 is 27.8 Å². The van der Waals surface area contributed by atoms with E-state index in [1.807, 2.05) is 0 Å². The van der Waals surface area contributed by atoms with Crippen LogP contribution in [0.1, 0.15) is 43.8 Å². The normalized spacial score (nSPS) is 25.2. The molecule has 2 aromatic carbocycles. The number of ether oxygens (including phenoxy) is 3. The molecule has 26 heavy (non-hydrogen) atoms. The van der Waals surface area contributed by atoms with Gasteiger partial charge in [-0.3, -0.25) is 0 Å². The van der Waals surface area contributed by atoms with Crippen LogP contribution in [0, 0.1) is 11.6 Å². The van der Waals surface area contributed by atoms with E-state index in [4.69, 9.17) is 14.2 Å². The van der Waals surface area contributed by atoms with Crippen molar-refractivity contribution in [1.82, 2.24) is 0 Å². The lowest BCUT2D eigenvalue weighted by atomic mass is 9.88. The second kappa shape index (κ2) is 7.51. The van der Waals surface area contributed by atoms with Gasteiger partial charge in [0.15, 0.2) is 11.9 Å². The van der Waals surface area contributed by atoms with E-state index in [1.54, 1.807) is 38.1 Å². The van der Waals surface area contributed by atoms with E-state index in [-0.39, 0.29) is 18.2 Å². The quantitative estimate of drug-likeness (QED) is 0.737. The second-order valence-corrected chi connectivity index (χ2v) is 6.03. The van der Waals surface area contributed by atoms with E-state index in [0.29, 0.717) is 17.5 Å². The van der Waals surface area contributed by atoms with Gasteiger partial charge in [-0.05, 0) is 43.2 Å². The fourth-order valence-corrected chi connectivity index (χ4v) is 3.09. The molecule has 0 aliphatic carbocycles. The topological polar surface area (TPSA) is 44.8 Å². The van der Waals surface area contributed by atoms with Crippen LogP contribution in [0.3, 0.4) is 0 Å². The number of benzene rings is 2. The lowest BCUT2D eigenvalue weighted by molar-refractivity contribution is -0.174. The average molecular weight is 362 g/mol. The van der Waals surface area contributed by atoms with E-state index in [2.05, 4.69) is 0 Å². The molecule has 4 nitrogen and oxygen atoms in total. The maximum atomic E-state index is 13.3. The van der Waals surface area contributed by atoms with Crippen molar-refractivity contribution in [2.24, 2.45) is 0 Å². The summed E-state index contributed by atoms with van der Waals surface area (Å²) < 4.78 is 43.8. The minimum Gasteiger partial charge on any atom is -0.464 e. The average Bonchev–Trinajstić information content (AvgIpc) is 3.04. The van der Waals surface area contributed by atoms with Gasteiger partial charge in [0.1, 0.15) is 17.7 Å². The molecule has 1 heterocycles. The Hall–Kier alpha value is -2.31. The predicted octanol–water partition coefficient (Wildman–Crippen LogP) is 4.46. The minimum atomic E-state index is -1.37. The predicted molar refractivity (Wildman–Crippen MR) is 90.1 cm³/mol. The lowest BCUT2D eigenvalue weighted by Gasteiger charge is -2.29. The van der Waals surface area contributed by atoms with Crippen LogP contribution in [0.2, 0.25) is 0 Å². The van der Waals surface area contributed by atoms with Gasteiger partial charge in [-0.2, -0.15) is 0 Å². The van der Waals surface area contributed by atoms with Gasteiger partial charge in [0, 0.05) is 5.56 Å². The summed E-state index contributed by atoms with van der Waals surface area (Å²) in [5, 5.41) is 0. The van der Waals surface area contributed by atoms with E-state index >= 15 is 0 Å². The summed E-state index contributed by atoms with van der Waals surface area (Å²) in [6.45, 7) is 3.70. The van der Waals surface area contributed by atoms with Gasteiger partial charge in [-0.1, -0.05) is 31.2 Å². The molecule has 0 radical (unpaired) electrons. The third kappa shape index (κ3) is 3.34. The zero-order valence-electron chi connectivity index (χ0n) is 14.6. The summed E-state index contributed by atoms with van der Waals surface area (Å²) in [6, 6.07) is 11.4. The molecule has 1 aliphatic heterocycles. The van der Waals surface area contributed by atoms with Crippen LogP contribution < -0.4 is 0 Å². The Morgan fingerprint density at radius 1 is 1.00 bits per heavy atom. The number of rotatable bonds is 5. The summed E-state index contributed by atoms with van der Waals surface area (Å²) in [4.78, 5) is 12.7. The Morgan fingerprint density at radius 2 is 1.54 bits per heavy atom. The van der Waals surface area contributed by atoms with Crippen molar-refractivity contribution >= 4 is 5.97 Å². The molecule has 1 fully saturated rings. The van der Waals surface area contributed by atoms with Crippen LogP contribution in [-0.2, 0) is 19.0 Å². The van der Waals surface area contributed by atoms with Crippen molar-refractivity contribution in [3.05, 3.63) is 71.3 Å². The van der Waals surface area contributed by atoms with Gasteiger partial charge in [-0.15, -0.1) is 0 Å². The zero-order valence-corrected chi connectivity index (χ0v) is 14.6. The molecule has 2 aromatic rings. The molecule has 1 saturated heterocycles. The summed E-state index contributed by atoms with van der Waals surface area (Å²) >= 11 is 0. The molecule has 0 N–H and O–H groups in total. The maximum absolute atomic E-state index is 13.3. The van der Waals surface area contributed by atoms with E-state index in [0.717, 1.165) is 0 Å².